The topological polar surface area (TPSA) is 38.3 Å². The predicted octanol–water partition coefficient (Wildman–Crippen LogP) is 4.25. The lowest BCUT2D eigenvalue weighted by molar-refractivity contribution is -0.120. The van der Waals surface area contributed by atoms with E-state index >= 15 is 0 Å². The molecule has 1 unspecified atom stereocenters. The van der Waals surface area contributed by atoms with Gasteiger partial charge in [0.1, 0.15) is 5.75 Å². The van der Waals surface area contributed by atoms with Crippen LogP contribution in [0.15, 0.2) is 18.2 Å². The second-order valence-corrected chi connectivity index (χ2v) is 7.92. The zero-order valence-corrected chi connectivity index (χ0v) is 15.4. The fourth-order valence-electron chi connectivity index (χ4n) is 2.83. The first-order valence-corrected chi connectivity index (χ1v) is 9.73. The van der Waals surface area contributed by atoms with Crippen molar-refractivity contribution >= 4 is 17.7 Å². The van der Waals surface area contributed by atoms with E-state index in [1.54, 1.807) is 11.8 Å². The van der Waals surface area contributed by atoms with Gasteiger partial charge in [-0.25, -0.2) is 0 Å². The molecule has 0 radical (unpaired) electrons. The Balaban J connectivity index is 1.60. The Morgan fingerprint density at radius 1 is 1.35 bits per heavy atom. The molecule has 1 fully saturated rings. The fourth-order valence-corrected chi connectivity index (χ4v) is 3.69. The van der Waals surface area contributed by atoms with Crippen LogP contribution >= 0.6 is 11.8 Å². The van der Waals surface area contributed by atoms with Gasteiger partial charge in [-0.15, -0.1) is 11.8 Å². The van der Waals surface area contributed by atoms with Crippen molar-refractivity contribution in [3.63, 3.8) is 0 Å². The molecule has 0 spiro atoms. The van der Waals surface area contributed by atoms with E-state index in [9.17, 15) is 4.79 Å². The van der Waals surface area contributed by atoms with Gasteiger partial charge in [0.15, 0.2) is 0 Å². The third-order valence-electron chi connectivity index (χ3n) is 4.33. The van der Waals surface area contributed by atoms with Crippen LogP contribution < -0.4 is 10.1 Å². The zero-order chi connectivity index (χ0) is 16.7. The minimum Gasteiger partial charge on any atom is -0.493 e. The first kappa shape index (κ1) is 18.2. The van der Waals surface area contributed by atoms with Crippen LogP contribution in [0.3, 0.4) is 0 Å². The number of carbonyl (C=O) groups excluding carboxylic acids is 1. The molecule has 0 heterocycles. The van der Waals surface area contributed by atoms with Gasteiger partial charge in [0, 0.05) is 6.04 Å². The molecule has 1 amide bonds. The summed E-state index contributed by atoms with van der Waals surface area (Å²) in [6.45, 7) is 6.85. The van der Waals surface area contributed by atoms with Crippen molar-refractivity contribution in [3.8, 4) is 5.75 Å². The van der Waals surface area contributed by atoms with E-state index in [4.69, 9.17) is 4.74 Å². The second-order valence-electron chi connectivity index (χ2n) is 6.47. The summed E-state index contributed by atoms with van der Waals surface area (Å²) in [5.74, 6) is 2.11. The van der Waals surface area contributed by atoms with Crippen molar-refractivity contribution in [2.75, 3.05) is 12.4 Å². The van der Waals surface area contributed by atoms with Gasteiger partial charge in [0.05, 0.1) is 11.9 Å². The summed E-state index contributed by atoms with van der Waals surface area (Å²) in [6.07, 6.45) is 5.75. The van der Waals surface area contributed by atoms with Crippen LogP contribution in [0.1, 0.15) is 50.2 Å². The van der Waals surface area contributed by atoms with Crippen LogP contribution in [0.4, 0.5) is 0 Å². The Bertz CT molecular complexity index is 512. The van der Waals surface area contributed by atoms with Gasteiger partial charge in [0.25, 0.3) is 0 Å². The van der Waals surface area contributed by atoms with Crippen molar-refractivity contribution in [2.45, 2.75) is 64.2 Å². The van der Waals surface area contributed by atoms with E-state index < -0.39 is 0 Å². The van der Waals surface area contributed by atoms with Gasteiger partial charge in [-0.3, -0.25) is 4.79 Å². The molecule has 0 saturated heterocycles. The van der Waals surface area contributed by atoms with E-state index in [-0.39, 0.29) is 11.2 Å². The Hall–Kier alpha value is -1.16. The highest BCUT2D eigenvalue weighted by atomic mass is 32.2. The quantitative estimate of drug-likeness (QED) is 0.722. The standard InChI is InChI=1S/C19H29NO2S/c1-14-9-10-15(2)18(13-14)22-11-6-12-23-16(3)19(21)20-17-7-4-5-8-17/h9-10,13,16-17H,4-8,11-12H2,1-3H3,(H,20,21). The van der Waals surface area contributed by atoms with Crippen LogP contribution in [0.5, 0.6) is 5.75 Å². The van der Waals surface area contributed by atoms with E-state index in [0.29, 0.717) is 12.6 Å². The van der Waals surface area contributed by atoms with Gasteiger partial charge >= 0.3 is 0 Å². The monoisotopic (exact) mass is 335 g/mol. The number of hydrogen-bond donors (Lipinski definition) is 1. The van der Waals surface area contributed by atoms with Crippen LogP contribution in [0.2, 0.25) is 0 Å². The average molecular weight is 336 g/mol. The molecule has 2 rings (SSSR count). The molecule has 128 valence electrons. The Kier molecular flexibility index (Phi) is 7.28. The summed E-state index contributed by atoms with van der Waals surface area (Å²) in [5.41, 5.74) is 2.39. The highest BCUT2D eigenvalue weighted by Gasteiger charge is 2.20. The van der Waals surface area contributed by atoms with Gasteiger partial charge < -0.3 is 10.1 Å². The smallest absolute Gasteiger partial charge is 0.233 e. The van der Waals surface area contributed by atoms with E-state index in [1.807, 2.05) is 6.92 Å². The van der Waals surface area contributed by atoms with Gasteiger partial charge in [0.2, 0.25) is 5.91 Å². The van der Waals surface area contributed by atoms with Crippen molar-refractivity contribution in [2.24, 2.45) is 0 Å². The first-order valence-electron chi connectivity index (χ1n) is 8.68. The number of nitrogens with one attached hydrogen (secondary N) is 1. The molecule has 0 aromatic heterocycles. The summed E-state index contributed by atoms with van der Waals surface area (Å²) >= 11 is 1.72. The first-order chi connectivity index (χ1) is 11.1. The van der Waals surface area contributed by atoms with Crippen molar-refractivity contribution in [1.82, 2.24) is 5.32 Å². The lowest BCUT2D eigenvalue weighted by atomic mass is 10.1. The molecule has 1 atom stereocenters. The number of carbonyl (C=O) groups is 1. The summed E-state index contributed by atoms with van der Waals surface area (Å²) in [5, 5.41) is 3.19. The molecule has 1 saturated carbocycles. The van der Waals surface area contributed by atoms with Gasteiger partial charge in [-0.1, -0.05) is 25.0 Å². The minimum absolute atomic E-state index is 0.0244. The maximum Gasteiger partial charge on any atom is 0.233 e. The average Bonchev–Trinajstić information content (AvgIpc) is 3.03. The second kappa shape index (κ2) is 9.21. The van der Waals surface area contributed by atoms with E-state index in [2.05, 4.69) is 37.4 Å². The largest absolute Gasteiger partial charge is 0.493 e. The fraction of sp³-hybridized carbons (Fsp3) is 0.632. The van der Waals surface area contributed by atoms with Crippen LogP contribution in [-0.2, 0) is 4.79 Å². The Labute approximate surface area is 144 Å². The third kappa shape index (κ3) is 6.09. The van der Waals surface area contributed by atoms with Crippen molar-refractivity contribution < 1.29 is 9.53 Å². The van der Waals surface area contributed by atoms with Gasteiger partial charge in [-0.2, -0.15) is 0 Å². The van der Waals surface area contributed by atoms with Crippen LogP contribution in [0, 0.1) is 13.8 Å². The van der Waals surface area contributed by atoms with Crippen LogP contribution in [-0.4, -0.2) is 29.6 Å². The molecule has 4 heteroatoms. The lowest BCUT2D eigenvalue weighted by Crippen LogP contribution is -2.37. The number of aryl methyl sites for hydroxylation is 2. The molecular formula is C19H29NO2S. The molecule has 1 aromatic carbocycles. The van der Waals surface area contributed by atoms with E-state index in [0.717, 1.165) is 30.8 Å². The SMILES string of the molecule is Cc1ccc(C)c(OCCCSC(C)C(=O)NC2CCCC2)c1. The molecule has 1 N–H and O–H groups in total. The number of rotatable bonds is 8. The number of amides is 1. The number of benzene rings is 1. The molecule has 0 bridgehead atoms. The van der Waals surface area contributed by atoms with Crippen LogP contribution in [0.25, 0.3) is 0 Å². The Morgan fingerprint density at radius 3 is 2.83 bits per heavy atom. The molecule has 23 heavy (non-hydrogen) atoms. The number of hydrogen-bond acceptors (Lipinski definition) is 3. The maximum absolute atomic E-state index is 12.1. The summed E-state index contributed by atoms with van der Waals surface area (Å²) in [7, 11) is 0. The summed E-state index contributed by atoms with van der Waals surface area (Å²) in [4.78, 5) is 12.1. The van der Waals surface area contributed by atoms with E-state index in [1.165, 1.54) is 24.0 Å². The van der Waals surface area contributed by atoms with Gasteiger partial charge in [-0.05, 0) is 63.0 Å². The molecule has 3 nitrogen and oxygen atoms in total. The number of thioether (sulfide) groups is 1. The lowest BCUT2D eigenvalue weighted by Gasteiger charge is -2.16. The third-order valence-corrected chi connectivity index (χ3v) is 5.57. The maximum atomic E-state index is 12.1. The molecular weight excluding hydrogens is 306 g/mol. The molecule has 0 aliphatic heterocycles. The molecule has 1 aromatic rings. The Morgan fingerprint density at radius 2 is 2.09 bits per heavy atom. The predicted molar refractivity (Wildman–Crippen MR) is 98.3 cm³/mol. The summed E-state index contributed by atoms with van der Waals surface area (Å²) in [6, 6.07) is 6.69. The molecule has 1 aliphatic carbocycles. The highest BCUT2D eigenvalue weighted by molar-refractivity contribution is 8.00. The van der Waals surface area contributed by atoms with Crippen molar-refractivity contribution in [3.05, 3.63) is 29.3 Å². The normalized spacial score (nSPS) is 16.3. The minimum atomic E-state index is 0.0244. The highest BCUT2D eigenvalue weighted by Crippen LogP contribution is 2.21. The van der Waals surface area contributed by atoms with Crippen molar-refractivity contribution in [1.29, 1.82) is 0 Å². The molecule has 1 aliphatic rings. The zero-order valence-electron chi connectivity index (χ0n) is 14.6. The number of ether oxygens (including phenoxy) is 1. The summed E-state index contributed by atoms with van der Waals surface area (Å²) < 4.78 is 5.85.